The molecule has 0 N–H and O–H groups in total. The van der Waals surface area contributed by atoms with Crippen LogP contribution in [0.15, 0.2) is 12.1 Å². The first kappa shape index (κ1) is 18.0. The smallest absolute Gasteiger partial charge is 0.254 e. The monoisotopic (exact) mass is 360 g/mol. The first-order valence-electron chi connectivity index (χ1n) is 7.41. The summed E-state index contributed by atoms with van der Waals surface area (Å²) < 4.78 is 30.3. The van der Waals surface area contributed by atoms with Gasteiger partial charge in [-0.2, -0.15) is 4.31 Å². The van der Waals surface area contributed by atoms with Gasteiger partial charge in [-0.3, -0.25) is 4.79 Å². The van der Waals surface area contributed by atoms with Gasteiger partial charge in [0.1, 0.15) is 5.75 Å². The highest BCUT2D eigenvalue weighted by Gasteiger charge is 2.28. The van der Waals surface area contributed by atoms with Gasteiger partial charge in [-0.05, 0) is 31.5 Å². The number of sulfonamides is 1. The molecule has 0 saturated carbocycles. The fraction of sp³-hybridized carbons (Fsp3) is 0.533. The van der Waals surface area contributed by atoms with Crippen molar-refractivity contribution in [2.45, 2.75) is 13.8 Å². The SMILES string of the molecule is CCS(=O)(=O)N1CCN(C(=O)c2cc(Cl)c(OC)cc2C)CC1. The Morgan fingerprint density at radius 3 is 2.39 bits per heavy atom. The number of amides is 1. The van der Waals surface area contributed by atoms with Crippen molar-refractivity contribution in [2.24, 2.45) is 0 Å². The van der Waals surface area contributed by atoms with Crippen LogP contribution in [0.25, 0.3) is 0 Å². The molecule has 1 amide bonds. The van der Waals surface area contributed by atoms with Crippen LogP contribution in [0, 0.1) is 6.92 Å². The van der Waals surface area contributed by atoms with Crippen molar-refractivity contribution in [3.05, 3.63) is 28.3 Å². The lowest BCUT2D eigenvalue weighted by Crippen LogP contribution is -2.51. The number of methoxy groups -OCH3 is 1. The fourth-order valence-corrected chi connectivity index (χ4v) is 3.89. The Kier molecular flexibility index (Phi) is 5.54. The van der Waals surface area contributed by atoms with Crippen molar-refractivity contribution in [1.82, 2.24) is 9.21 Å². The molecule has 1 saturated heterocycles. The van der Waals surface area contributed by atoms with Gasteiger partial charge in [0, 0.05) is 31.7 Å². The Bertz CT molecular complexity index is 698. The lowest BCUT2D eigenvalue weighted by Gasteiger charge is -2.34. The van der Waals surface area contributed by atoms with E-state index in [0.29, 0.717) is 42.5 Å². The molecule has 128 valence electrons. The number of halogens is 1. The molecule has 1 aromatic carbocycles. The van der Waals surface area contributed by atoms with Crippen LogP contribution in [0.4, 0.5) is 0 Å². The van der Waals surface area contributed by atoms with Crippen molar-refractivity contribution in [3.63, 3.8) is 0 Å². The van der Waals surface area contributed by atoms with E-state index in [2.05, 4.69) is 0 Å². The summed E-state index contributed by atoms with van der Waals surface area (Å²) in [4.78, 5) is 14.3. The molecule has 2 rings (SSSR count). The van der Waals surface area contributed by atoms with E-state index >= 15 is 0 Å². The molecule has 0 radical (unpaired) electrons. The topological polar surface area (TPSA) is 66.9 Å². The summed E-state index contributed by atoms with van der Waals surface area (Å²) in [5.74, 6) is 0.467. The van der Waals surface area contributed by atoms with E-state index in [1.54, 1.807) is 24.0 Å². The van der Waals surface area contributed by atoms with Crippen LogP contribution in [-0.2, 0) is 10.0 Å². The quantitative estimate of drug-likeness (QED) is 0.820. The summed E-state index contributed by atoms with van der Waals surface area (Å²) >= 11 is 6.10. The van der Waals surface area contributed by atoms with Gasteiger partial charge in [0.2, 0.25) is 10.0 Å². The van der Waals surface area contributed by atoms with Crippen molar-refractivity contribution in [2.75, 3.05) is 39.0 Å². The summed E-state index contributed by atoms with van der Waals surface area (Å²) in [5, 5.41) is 0.383. The second-order valence-electron chi connectivity index (χ2n) is 5.39. The van der Waals surface area contributed by atoms with Gasteiger partial charge in [0.05, 0.1) is 17.9 Å². The van der Waals surface area contributed by atoms with E-state index < -0.39 is 10.0 Å². The maximum atomic E-state index is 12.7. The average molecular weight is 361 g/mol. The number of piperazine rings is 1. The number of rotatable bonds is 4. The van der Waals surface area contributed by atoms with Crippen LogP contribution in [0.3, 0.4) is 0 Å². The largest absolute Gasteiger partial charge is 0.495 e. The predicted octanol–water partition coefficient (Wildman–Crippen LogP) is 1.76. The van der Waals surface area contributed by atoms with Crippen LogP contribution in [0.2, 0.25) is 5.02 Å². The Hall–Kier alpha value is -1.31. The van der Waals surface area contributed by atoms with Crippen molar-refractivity contribution >= 4 is 27.5 Å². The molecule has 1 aliphatic rings. The molecule has 8 heteroatoms. The minimum atomic E-state index is -3.20. The molecule has 0 aromatic heterocycles. The van der Waals surface area contributed by atoms with E-state index in [1.165, 1.54) is 11.4 Å². The molecule has 0 bridgehead atoms. The van der Waals surface area contributed by atoms with Crippen LogP contribution in [0.5, 0.6) is 5.75 Å². The van der Waals surface area contributed by atoms with Gasteiger partial charge in [0.25, 0.3) is 5.91 Å². The maximum Gasteiger partial charge on any atom is 0.254 e. The van der Waals surface area contributed by atoms with Crippen molar-refractivity contribution < 1.29 is 17.9 Å². The van der Waals surface area contributed by atoms with Crippen molar-refractivity contribution in [1.29, 1.82) is 0 Å². The summed E-state index contributed by atoms with van der Waals surface area (Å²) in [6.07, 6.45) is 0. The highest BCUT2D eigenvalue weighted by atomic mass is 35.5. The predicted molar refractivity (Wildman–Crippen MR) is 89.7 cm³/mol. The Labute approximate surface area is 142 Å². The molecule has 1 fully saturated rings. The second kappa shape index (κ2) is 7.07. The molecule has 0 aliphatic carbocycles. The zero-order valence-electron chi connectivity index (χ0n) is 13.5. The second-order valence-corrected chi connectivity index (χ2v) is 8.06. The zero-order valence-corrected chi connectivity index (χ0v) is 15.1. The molecule has 23 heavy (non-hydrogen) atoms. The van der Waals surface area contributed by atoms with Crippen LogP contribution in [-0.4, -0.2) is 62.6 Å². The third-order valence-electron chi connectivity index (χ3n) is 4.01. The van der Waals surface area contributed by atoms with E-state index in [-0.39, 0.29) is 11.7 Å². The van der Waals surface area contributed by atoms with Crippen LogP contribution < -0.4 is 4.74 Å². The van der Waals surface area contributed by atoms with Gasteiger partial charge in [-0.25, -0.2) is 8.42 Å². The Balaban J connectivity index is 2.13. The molecule has 6 nitrogen and oxygen atoms in total. The number of hydrogen-bond donors (Lipinski definition) is 0. The first-order chi connectivity index (χ1) is 10.8. The van der Waals surface area contributed by atoms with Gasteiger partial charge in [0.15, 0.2) is 0 Å². The highest BCUT2D eigenvalue weighted by molar-refractivity contribution is 7.89. The summed E-state index contributed by atoms with van der Waals surface area (Å²) in [7, 11) is -1.68. The van der Waals surface area contributed by atoms with Gasteiger partial charge < -0.3 is 9.64 Å². The van der Waals surface area contributed by atoms with Gasteiger partial charge in [-0.15, -0.1) is 0 Å². The average Bonchev–Trinajstić information content (AvgIpc) is 2.56. The Morgan fingerprint density at radius 2 is 1.87 bits per heavy atom. The zero-order chi connectivity index (χ0) is 17.2. The number of hydrogen-bond acceptors (Lipinski definition) is 4. The molecule has 1 aromatic rings. The summed E-state index contributed by atoms with van der Waals surface area (Å²) in [6, 6.07) is 3.33. The molecule has 0 unspecified atom stereocenters. The molecule has 1 aliphatic heterocycles. The van der Waals surface area contributed by atoms with Crippen molar-refractivity contribution in [3.8, 4) is 5.75 Å². The standard InChI is InChI=1S/C15H21ClN2O4S/c1-4-23(20,21)18-7-5-17(6-8-18)15(19)12-10-13(16)14(22-3)9-11(12)2/h9-10H,4-8H2,1-3H3. The van der Waals surface area contributed by atoms with E-state index in [1.807, 2.05) is 6.92 Å². The van der Waals surface area contributed by atoms with E-state index in [9.17, 15) is 13.2 Å². The van der Waals surface area contributed by atoms with E-state index in [0.717, 1.165) is 5.56 Å². The number of ether oxygens (including phenoxy) is 1. The third kappa shape index (κ3) is 3.79. The molecule has 0 atom stereocenters. The molecule has 0 spiro atoms. The molecule has 1 heterocycles. The van der Waals surface area contributed by atoms with Gasteiger partial charge >= 0.3 is 0 Å². The van der Waals surface area contributed by atoms with Crippen LogP contribution >= 0.6 is 11.6 Å². The third-order valence-corrected chi connectivity index (χ3v) is 6.19. The molecular weight excluding hydrogens is 340 g/mol. The summed E-state index contributed by atoms with van der Waals surface area (Å²) in [6.45, 7) is 4.84. The lowest BCUT2D eigenvalue weighted by molar-refractivity contribution is 0.0697. The number of carbonyl (C=O) groups is 1. The number of aryl methyl sites for hydroxylation is 1. The number of benzene rings is 1. The van der Waals surface area contributed by atoms with Crippen LogP contribution in [0.1, 0.15) is 22.8 Å². The van der Waals surface area contributed by atoms with Gasteiger partial charge in [-0.1, -0.05) is 11.6 Å². The maximum absolute atomic E-state index is 12.7. The minimum Gasteiger partial charge on any atom is -0.495 e. The first-order valence-corrected chi connectivity index (χ1v) is 9.40. The lowest BCUT2D eigenvalue weighted by atomic mass is 10.1. The molecular formula is C15H21ClN2O4S. The Morgan fingerprint density at radius 1 is 1.26 bits per heavy atom. The number of nitrogens with zero attached hydrogens (tertiary/aromatic N) is 2. The van der Waals surface area contributed by atoms with E-state index in [4.69, 9.17) is 16.3 Å². The fourth-order valence-electron chi connectivity index (χ4n) is 2.56. The highest BCUT2D eigenvalue weighted by Crippen LogP contribution is 2.28. The normalized spacial score (nSPS) is 16.4. The number of carbonyl (C=O) groups excluding carboxylic acids is 1. The minimum absolute atomic E-state index is 0.0775. The summed E-state index contributed by atoms with van der Waals surface area (Å²) in [5.41, 5.74) is 1.29.